The third-order valence-electron chi connectivity index (χ3n) is 6.98. The number of anilines is 1. The van der Waals surface area contributed by atoms with Crippen LogP contribution in [0, 0.1) is 18.8 Å². The van der Waals surface area contributed by atoms with Crippen molar-refractivity contribution in [2.75, 3.05) is 31.1 Å². The number of amides is 1. The first kappa shape index (κ1) is 21.2. The number of carbonyl (C=O) groups excluding carboxylic acids is 1. The van der Waals surface area contributed by atoms with Gasteiger partial charge in [0.05, 0.1) is 5.52 Å². The summed E-state index contributed by atoms with van der Waals surface area (Å²) >= 11 is 1.44. The van der Waals surface area contributed by atoms with Crippen molar-refractivity contribution in [1.29, 1.82) is 0 Å². The highest BCUT2D eigenvalue weighted by molar-refractivity contribution is 7.17. The Hall–Kier alpha value is -2.67. The van der Waals surface area contributed by atoms with Crippen molar-refractivity contribution in [3.63, 3.8) is 0 Å². The van der Waals surface area contributed by atoms with Crippen molar-refractivity contribution in [3.05, 3.63) is 45.6 Å². The molecule has 0 unspecified atom stereocenters. The standard InChI is InChI=1S/C25H30N4O2S/c1-16-6-10-28(11-7-16)24(31)18-8-12-29(13-9-18)25-26-21-20(15-32-22(21)23(30)27-25)19-5-3-4-17(2)14-19/h3-5,14-16,18H,6-13H2,1-2H3,(H,26,27,30). The van der Waals surface area contributed by atoms with Crippen molar-refractivity contribution < 1.29 is 4.79 Å². The molecule has 0 radical (unpaired) electrons. The second kappa shape index (κ2) is 8.70. The largest absolute Gasteiger partial charge is 0.342 e. The molecule has 32 heavy (non-hydrogen) atoms. The van der Waals surface area contributed by atoms with Crippen LogP contribution in [0.5, 0.6) is 0 Å². The average molecular weight is 451 g/mol. The van der Waals surface area contributed by atoms with Crippen molar-refractivity contribution in [2.45, 2.75) is 39.5 Å². The van der Waals surface area contributed by atoms with Crippen LogP contribution >= 0.6 is 11.3 Å². The highest BCUT2D eigenvalue weighted by Crippen LogP contribution is 2.33. The molecule has 2 aliphatic heterocycles. The molecule has 1 N–H and O–H groups in total. The van der Waals surface area contributed by atoms with E-state index in [2.05, 4.69) is 46.8 Å². The Bertz CT molecular complexity index is 1180. The fourth-order valence-corrected chi connectivity index (χ4v) is 5.82. The first-order valence-corrected chi connectivity index (χ1v) is 12.5. The van der Waals surface area contributed by atoms with Crippen LogP contribution in [0.3, 0.4) is 0 Å². The summed E-state index contributed by atoms with van der Waals surface area (Å²) in [5.74, 6) is 1.74. The van der Waals surface area contributed by atoms with E-state index in [1.54, 1.807) is 0 Å². The molecule has 0 saturated carbocycles. The van der Waals surface area contributed by atoms with Gasteiger partial charge < -0.3 is 9.80 Å². The molecule has 0 atom stereocenters. The minimum Gasteiger partial charge on any atom is -0.342 e. The molecule has 1 amide bonds. The van der Waals surface area contributed by atoms with Gasteiger partial charge in [-0.1, -0.05) is 36.8 Å². The third-order valence-corrected chi connectivity index (χ3v) is 7.95. The molecule has 6 nitrogen and oxygen atoms in total. The van der Waals surface area contributed by atoms with E-state index in [1.807, 2.05) is 11.4 Å². The summed E-state index contributed by atoms with van der Waals surface area (Å²) in [6, 6.07) is 8.30. The zero-order chi connectivity index (χ0) is 22.2. The van der Waals surface area contributed by atoms with Gasteiger partial charge in [-0.25, -0.2) is 4.98 Å². The van der Waals surface area contributed by atoms with Gasteiger partial charge in [0.1, 0.15) is 4.70 Å². The van der Waals surface area contributed by atoms with Gasteiger partial charge in [-0.15, -0.1) is 11.3 Å². The monoisotopic (exact) mass is 450 g/mol. The minimum absolute atomic E-state index is 0.0825. The molecule has 7 heteroatoms. The molecule has 0 spiro atoms. The van der Waals surface area contributed by atoms with Crippen LogP contribution in [0.25, 0.3) is 21.3 Å². The Morgan fingerprint density at radius 3 is 2.59 bits per heavy atom. The quantitative estimate of drug-likeness (QED) is 0.641. The number of nitrogens with zero attached hydrogens (tertiary/aromatic N) is 3. The van der Waals surface area contributed by atoms with Crippen molar-refractivity contribution >= 4 is 33.4 Å². The van der Waals surface area contributed by atoms with Gasteiger partial charge in [-0.3, -0.25) is 14.6 Å². The van der Waals surface area contributed by atoms with Crippen LogP contribution in [-0.4, -0.2) is 47.0 Å². The SMILES string of the molecule is Cc1cccc(-c2csc3c(=O)[nH]c(N4CCC(C(=O)N5CCC(C)CC5)CC4)nc23)c1. The van der Waals surface area contributed by atoms with E-state index in [9.17, 15) is 9.59 Å². The van der Waals surface area contributed by atoms with Crippen molar-refractivity contribution in [2.24, 2.45) is 11.8 Å². The van der Waals surface area contributed by atoms with E-state index in [-0.39, 0.29) is 11.5 Å². The predicted molar refractivity (Wildman–Crippen MR) is 130 cm³/mol. The molecule has 5 rings (SSSR count). The zero-order valence-electron chi connectivity index (χ0n) is 18.8. The van der Waals surface area contributed by atoms with Crippen LogP contribution in [0.1, 0.15) is 38.2 Å². The predicted octanol–water partition coefficient (Wildman–Crippen LogP) is 4.43. The number of H-pyrrole nitrogens is 1. The van der Waals surface area contributed by atoms with E-state index >= 15 is 0 Å². The summed E-state index contributed by atoms with van der Waals surface area (Å²) in [7, 11) is 0. The first-order chi connectivity index (χ1) is 15.5. The number of thiophene rings is 1. The molecule has 2 fully saturated rings. The maximum Gasteiger partial charge on any atom is 0.270 e. The van der Waals surface area contributed by atoms with Gasteiger partial charge >= 0.3 is 0 Å². The number of nitrogens with one attached hydrogen (secondary N) is 1. The topological polar surface area (TPSA) is 69.3 Å². The van der Waals surface area contributed by atoms with E-state index in [1.165, 1.54) is 16.9 Å². The minimum atomic E-state index is -0.0884. The Balaban J connectivity index is 1.34. The van der Waals surface area contributed by atoms with Crippen molar-refractivity contribution in [1.82, 2.24) is 14.9 Å². The Labute approximate surface area is 192 Å². The molecule has 2 aromatic heterocycles. The number of fused-ring (bicyclic) bond motifs is 1. The normalized spacial score (nSPS) is 18.4. The summed E-state index contributed by atoms with van der Waals surface area (Å²) < 4.78 is 0.662. The molecule has 2 aliphatic rings. The molecule has 168 valence electrons. The van der Waals surface area contributed by atoms with Gasteiger partial charge in [0, 0.05) is 43.0 Å². The lowest BCUT2D eigenvalue weighted by atomic mass is 9.93. The smallest absolute Gasteiger partial charge is 0.270 e. The maximum absolute atomic E-state index is 13.0. The number of benzene rings is 1. The summed E-state index contributed by atoms with van der Waals surface area (Å²) in [5, 5.41) is 2.02. The molecule has 4 heterocycles. The van der Waals surface area contributed by atoms with Crippen molar-refractivity contribution in [3.8, 4) is 11.1 Å². The Kier molecular flexibility index (Phi) is 5.76. The lowest BCUT2D eigenvalue weighted by Crippen LogP contribution is -2.45. The molecule has 0 bridgehead atoms. The summed E-state index contributed by atoms with van der Waals surface area (Å²) in [4.78, 5) is 37.8. The number of aromatic amines is 1. The lowest BCUT2D eigenvalue weighted by molar-refractivity contribution is -0.137. The number of aryl methyl sites for hydroxylation is 1. The molecule has 3 aromatic rings. The summed E-state index contributed by atoms with van der Waals surface area (Å²) in [6.07, 6.45) is 3.83. The van der Waals surface area contributed by atoms with Crippen LogP contribution in [0.4, 0.5) is 5.95 Å². The van der Waals surface area contributed by atoms with Crippen LogP contribution in [0.15, 0.2) is 34.4 Å². The van der Waals surface area contributed by atoms with E-state index in [0.29, 0.717) is 16.6 Å². The first-order valence-electron chi connectivity index (χ1n) is 11.6. The molecular weight excluding hydrogens is 420 g/mol. The number of aromatic nitrogens is 2. The van der Waals surface area contributed by atoms with E-state index < -0.39 is 0 Å². The zero-order valence-corrected chi connectivity index (χ0v) is 19.6. The van der Waals surface area contributed by atoms with Gasteiger partial charge in [-0.2, -0.15) is 0 Å². The third kappa shape index (κ3) is 4.06. The van der Waals surface area contributed by atoms with Gasteiger partial charge in [0.15, 0.2) is 0 Å². The second-order valence-electron chi connectivity index (χ2n) is 9.36. The molecule has 0 aliphatic carbocycles. The average Bonchev–Trinajstić information content (AvgIpc) is 3.24. The van der Waals surface area contributed by atoms with Crippen LogP contribution in [0.2, 0.25) is 0 Å². The highest BCUT2D eigenvalue weighted by atomic mass is 32.1. The molecule has 2 saturated heterocycles. The Morgan fingerprint density at radius 2 is 1.88 bits per heavy atom. The fourth-order valence-electron chi connectivity index (χ4n) is 4.91. The number of likely N-dealkylation sites (tertiary alicyclic amines) is 1. The number of piperidine rings is 2. The molecular formula is C25H30N4O2S. The summed E-state index contributed by atoms with van der Waals surface area (Å²) in [5.41, 5.74) is 3.95. The van der Waals surface area contributed by atoms with Gasteiger partial charge in [0.2, 0.25) is 11.9 Å². The number of carbonyl (C=O) groups is 1. The van der Waals surface area contributed by atoms with Crippen LogP contribution in [-0.2, 0) is 4.79 Å². The van der Waals surface area contributed by atoms with Gasteiger partial charge in [0.25, 0.3) is 5.56 Å². The second-order valence-corrected chi connectivity index (χ2v) is 10.2. The van der Waals surface area contributed by atoms with E-state index in [0.717, 1.165) is 74.4 Å². The number of hydrogen-bond acceptors (Lipinski definition) is 5. The molecule has 1 aromatic carbocycles. The number of hydrogen-bond donors (Lipinski definition) is 1. The fraction of sp³-hybridized carbons (Fsp3) is 0.480. The highest BCUT2D eigenvalue weighted by Gasteiger charge is 2.31. The number of rotatable bonds is 3. The maximum atomic E-state index is 13.0. The van der Waals surface area contributed by atoms with E-state index in [4.69, 9.17) is 4.98 Å². The summed E-state index contributed by atoms with van der Waals surface area (Å²) in [6.45, 7) is 7.59. The Morgan fingerprint density at radius 1 is 1.12 bits per heavy atom. The van der Waals surface area contributed by atoms with Crippen LogP contribution < -0.4 is 10.5 Å². The van der Waals surface area contributed by atoms with Gasteiger partial charge in [-0.05, 0) is 44.1 Å². The lowest BCUT2D eigenvalue weighted by Gasteiger charge is -2.36.